The average molecular weight is 261 g/mol. The summed E-state index contributed by atoms with van der Waals surface area (Å²) < 4.78 is 22.2. The number of hydrogen-bond acceptors (Lipinski definition) is 5. The van der Waals surface area contributed by atoms with Crippen molar-refractivity contribution in [1.82, 2.24) is 0 Å². The first-order valence-corrected chi connectivity index (χ1v) is 6.50. The standard InChI is InChI=1S/C10H15NO5S/c11-17(15,16)8-3-1-2-7(6-8)10(14)9(13)4-5-12/h1-3,6,9-10,12-14H,4-5H2,(H2,11,15,16). The van der Waals surface area contributed by atoms with Crippen molar-refractivity contribution in [3.8, 4) is 0 Å². The minimum Gasteiger partial charge on any atom is -0.396 e. The zero-order valence-electron chi connectivity index (χ0n) is 9.02. The van der Waals surface area contributed by atoms with Crippen molar-refractivity contribution < 1.29 is 23.7 Å². The number of sulfonamides is 1. The monoisotopic (exact) mass is 261 g/mol. The van der Waals surface area contributed by atoms with Crippen LogP contribution >= 0.6 is 0 Å². The van der Waals surface area contributed by atoms with Crippen LogP contribution in [0.3, 0.4) is 0 Å². The molecule has 0 aliphatic heterocycles. The largest absolute Gasteiger partial charge is 0.396 e. The Morgan fingerprint density at radius 1 is 1.29 bits per heavy atom. The molecule has 1 aromatic carbocycles. The van der Waals surface area contributed by atoms with Gasteiger partial charge in [-0.3, -0.25) is 0 Å². The summed E-state index contributed by atoms with van der Waals surface area (Å²) >= 11 is 0. The highest BCUT2D eigenvalue weighted by Gasteiger charge is 2.19. The summed E-state index contributed by atoms with van der Waals surface area (Å²) in [6.07, 6.45) is -2.42. The fraction of sp³-hybridized carbons (Fsp3) is 0.400. The van der Waals surface area contributed by atoms with Gasteiger partial charge in [-0.1, -0.05) is 12.1 Å². The van der Waals surface area contributed by atoms with Gasteiger partial charge in [-0.05, 0) is 24.1 Å². The number of benzene rings is 1. The molecule has 1 aromatic rings. The zero-order chi connectivity index (χ0) is 13.1. The molecule has 6 nitrogen and oxygen atoms in total. The third kappa shape index (κ3) is 3.76. The maximum atomic E-state index is 11.1. The van der Waals surface area contributed by atoms with Gasteiger partial charge >= 0.3 is 0 Å². The lowest BCUT2D eigenvalue weighted by Gasteiger charge is -2.17. The van der Waals surface area contributed by atoms with E-state index in [0.717, 1.165) is 0 Å². The summed E-state index contributed by atoms with van der Waals surface area (Å²) in [5.41, 5.74) is 0.234. The number of aliphatic hydroxyl groups excluding tert-OH is 3. The van der Waals surface area contributed by atoms with Crippen LogP contribution in [0, 0.1) is 0 Å². The van der Waals surface area contributed by atoms with Gasteiger partial charge < -0.3 is 15.3 Å². The number of hydrogen-bond donors (Lipinski definition) is 4. The molecular formula is C10H15NO5S. The molecule has 2 unspecified atom stereocenters. The highest BCUT2D eigenvalue weighted by molar-refractivity contribution is 7.89. The summed E-state index contributed by atoms with van der Waals surface area (Å²) in [5, 5.41) is 32.8. The number of rotatable bonds is 5. The van der Waals surface area contributed by atoms with E-state index in [9.17, 15) is 18.6 Å². The normalized spacial score (nSPS) is 15.5. The van der Waals surface area contributed by atoms with E-state index in [1.165, 1.54) is 24.3 Å². The predicted octanol–water partition coefficient (Wildman–Crippen LogP) is -0.889. The molecule has 1 rings (SSSR count). The Balaban J connectivity index is 3.00. The van der Waals surface area contributed by atoms with Gasteiger partial charge in [-0.25, -0.2) is 13.6 Å². The first-order chi connectivity index (χ1) is 7.86. The first-order valence-electron chi connectivity index (χ1n) is 4.96. The number of aliphatic hydroxyl groups is 3. The Morgan fingerprint density at radius 2 is 1.94 bits per heavy atom. The van der Waals surface area contributed by atoms with Gasteiger partial charge in [-0.15, -0.1) is 0 Å². The van der Waals surface area contributed by atoms with Gasteiger partial charge in [0.05, 0.1) is 11.0 Å². The van der Waals surface area contributed by atoms with Crippen molar-refractivity contribution in [1.29, 1.82) is 0 Å². The molecule has 5 N–H and O–H groups in total. The number of primary sulfonamides is 1. The molecule has 0 bridgehead atoms. The molecule has 0 saturated carbocycles. The number of nitrogens with two attached hydrogens (primary N) is 1. The van der Waals surface area contributed by atoms with E-state index in [-0.39, 0.29) is 23.5 Å². The molecular weight excluding hydrogens is 246 g/mol. The Bertz CT molecular complexity index is 473. The maximum Gasteiger partial charge on any atom is 0.238 e. The molecule has 96 valence electrons. The van der Waals surface area contributed by atoms with Gasteiger partial charge in [0.15, 0.2) is 0 Å². The third-order valence-electron chi connectivity index (χ3n) is 2.32. The van der Waals surface area contributed by atoms with Crippen LogP contribution < -0.4 is 5.14 Å². The van der Waals surface area contributed by atoms with Crippen LogP contribution in [0.5, 0.6) is 0 Å². The highest BCUT2D eigenvalue weighted by Crippen LogP contribution is 2.21. The summed E-state index contributed by atoms with van der Waals surface area (Å²) in [7, 11) is -3.84. The minimum atomic E-state index is -3.84. The van der Waals surface area contributed by atoms with Crippen molar-refractivity contribution in [2.45, 2.75) is 23.5 Å². The van der Waals surface area contributed by atoms with Gasteiger partial charge in [0.1, 0.15) is 6.10 Å². The van der Waals surface area contributed by atoms with Crippen LogP contribution in [-0.4, -0.2) is 36.4 Å². The molecule has 0 fully saturated rings. The van der Waals surface area contributed by atoms with Gasteiger partial charge in [-0.2, -0.15) is 0 Å². The lowest BCUT2D eigenvalue weighted by atomic mass is 10.0. The molecule has 0 aliphatic carbocycles. The predicted molar refractivity (Wildman–Crippen MR) is 60.5 cm³/mol. The fourth-order valence-corrected chi connectivity index (χ4v) is 1.96. The highest BCUT2D eigenvalue weighted by atomic mass is 32.2. The first kappa shape index (κ1) is 14.1. The van der Waals surface area contributed by atoms with Crippen LogP contribution in [0.15, 0.2) is 29.2 Å². The molecule has 0 heterocycles. The molecule has 0 radical (unpaired) electrons. The van der Waals surface area contributed by atoms with Gasteiger partial charge in [0.25, 0.3) is 0 Å². The van der Waals surface area contributed by atoms with Crippen LogP contribution in [0.1, 0.15) is 18.1 Å². The minimum absolute atomic E-state index is 0.000763. The van der Waals surface area contributed by atoms with Gasteiger partial charge in [0.2, 0.25) is 10.0 Å². The lowest BCUT2D eigenvalue weighted by molar-refractivity contribution is 0.00410. The Morgan fingerprint density at radius 3 is 2.47 bits per heavy atom. The van der Waals surface area contributed by atoms with E-state index in [1.54, 1.807) is 0 Å². The summed E-state index contributed by atoms with van der Waals surface area (Å²) in [6.45, 7) is -0.271. The lowest BCUT2D eigenvalue weighted by Crippen LogP contribution is -2.20. The second-order valence-corrected chi connectivity index (χ2v) is 5.20. The molecule has 7 heteroatoms. The van der Waals surface area contributed by atoms with Crippen LogP contribution in [0.25, 0.3) is 0 Å². The quantitative estimate of drug-likeness (QED) is 0.548. The fourth-order valence-electron chi connectivity index (χ4n) is 1.39. The molecule has 17 heavy (non-hydrogen) atoms. The van der Waals surface area contributed by atoms with E-state index in [0.29, 0.717) is 0 Å². The molecule has 0 aromatic heterocycles. The van der Waals surface area contributed by atoms with Crippen molar-refractivity contribution >= 4 is 10.0 Å². The molecule has 0 saturated heterocycles. The molecule has 2 atom stereocenters. The van der Waals surface area contributed by atoms with Crippen molar-refractivity contribution in [3.05, 3.63) is 29.8 Å². The van der Waals surface area contributed by atoms with Crippen LogP contribution in [-0.2, 0) is 10.0 Å². The Hall–Kier alpha value is -0.990. The van der Waals surface area contributed by atoms with E-state index in [4.69, 9.17) is 10.2 Å². The van der Waals surface area contributed by atoms with E-state index in [1.807, 2.05) is 0 Å². The molecule has 0 spiro atoms. The van der Waals surface area contributed by atoms with Gasteiger partial charge in [0, 0.05) is 6.61 Å². The van der Waals surface area contributed by atoms with Crippen LogP contribution in [0.4, 0.5) is 0 Å². The smallest absolute Gasteiger partial charge is 0.238 e. The summed E-state index contributed by atoms with van der Waals surface area (Å²) in [5.74, 6) is 0. The second kappa shape index (κ2) is 5.56. The van der Waals surface area contributed by atoms with E-state index < -0.39 is 22.2 Å². The topological polar surface area (TPSA) is 121 Å². The average Bonchev–Trinajstić information content (AvgIpc) is 2.27. The molecule has 0 amide bonds. The summed E-state index contributed by atoms with van der Waals surface area (Å²) in [6, 6.07) is 5.38. The van der Waals surface area contributed by atoms with Crippen molar-refractivity contribution in [2.24, 2.45) is 5.14 Å². The Kier molecular flexibility index (Phi) is 4.61. The maximum absolute atomic E-state index is 11.1. The molecule has 0 aliphatic rings. The Labute approximate surface area is 99.4 Å². The van der Waals surface area contributed by atoms with E-state index >= 15 is 0 Å². The SMILES string of the molecule is NS(=O)(=O)c1cccc(C(O)C(O)CCO)c1. The summed E-state index contributed by atoms with van der Waals surface area (Å²) in [4.78, 5) is -0.134. The van der Waals surface area contributed by atoms with Crippen molar-refractivity contribution in [3.63, 3.8) is 0 Å². The third-order valence-corrected chi connectivity index (χ3v) is 3.23. The van der Waals surface area contributed by atoms with Crippen molar-refractivity contribution in [2.75, 3.05) is 6.61 Å². The zero-order valence-corrected chi connectivity index (χ0v) is 9.84. The second-order valence-electron chi connectivity index (χ2n) is 3.64. The van der Waals surface area contributed by atoms with Crippen LogP contribution in [0.2, 0.25) is 0 Å². The van der Waals surface area contributed by atoms with E-state index in [2.05, 4.69) is 0 Å².